The second-order valence-electron chi connectivity index (χ2n) is 3.42. The highest BCUT2D eigenvalue weighted by molar-refractivity contribution is 5.49. The van der Waals surface area contributed by atoms with Crippen molar-refractivity contribution >= 4 is 6.08 Å². The summed E-state index contributed by atoms with van der Waals surface area (Å²) >= 11 is 0. The molecule has 0 saturated heterocycles. The fraction of sp³-hybridized carbons (Fsp3) is 0.400. The Morgan fingerprint density at radius 2 is 2.46 bits per heavy atom. The summed E-state index contributed by atoms with van der Waals surface area (Å²) in [5, 5.41) is 9.00. The third kappa shape index (κ3) is 2.44. The summed E-state index contributed by atoms with van der Waals surface area (Å²) in [5.74, 6) is 0.752. The lowest BCUT2D eigenvalue weighted by Gasteiger charge is -2.22. The van der Waals surface area contributed by atoms with Crippen LogP contribution in [0.1, 0.15) is 19.6 Å². The number of hydrogen-bond acceptors (Lipinski definition) is 3. The predicted octanol–water partition coefficient (Wildman–Crippen LogP) is 1.39. The SMILES string of the molecule is C/C(=C\c1ccco1)C(C)(N)CO. The Hall–Kier alpha value is -1.06. The van der Waals surface area contributed by atoms with Gasteiger partial charge in [0.15, 0.2) is 0 Å². The van der Waals surface area contributed by atoms with E-state index in [0.717, 1.165) is 11.3 Å². The minimum Gasteiger partial charge on any atom is -0.465 e. The molecule has 0 amide bonds. The number of nitrogens with two attached hydrogens (primary N) is 1. The van der Waals surface area contributed by atoms with Crippen LogP contribution in [-0.4, -0.2) is 17.3 Å². The van der Waals surface area contributed by atoms with Crippen molar-refractivity contribution in [2.75, 3.05) is 6.61 Å². The quantitative estimate of drug-likeness (QED) is 0.740. The van der Waals surface area contributed by atoms with E-state index in [-0.39, 0.29) is 6.61 Å². The molecule has 72 valence electrons. The summed E-state index contributed by atoms with van der Waals surface area (Å²) in [6, 6.07) is 3.66. The molecular formula is C10H15NO2. The van der Waals surface area contributed by atoms with E-state index in [4.69, 9.17) is 15.3 Å². The first-order valence-electron chi connectivity index (χ1n) is 4.18. The first-order valence-corrected chi connectivity index (χ1v) is 4.18. The molecular weight excluding hydrogens is 166 g/mol. The Balaban J connectivity index is 2.84. The third-order valence-electron chi connectivity index (χ3n) is 2.13. The van der Waals surface area contributed by atoms with Gasteiger partial charge in [0.05, 0.1) is 18.4 Å². The van der Waals surface area contributed by atoms with Crippen molar-refractivity contribution < 1.29 is 9.52 Å². The van der Waals surface area contributed by atoms with Gasteiger partial charge >= 0.3 is 0 Å². The number of aliphatic hydroxyl groups is 1. The molecule has 0 spiro atoms. The lowest BCUT2D eigenvalue weighted by molar-refractivity contribution is 0.231. The highest BCUT2D eigenvalue weighted by atomic mass is 16.3. The molecule has 0 radical (unpaired) electrons. The number of furan rings is 1. The molecule has 0 fully saturated rings. The molecule has 0 aromatic carbocycles. The Kier molecular flexibility index (Phi) is 2.90. The molecule has 1 aromatic rings. The normalized spacial score (nSPS) is 17.1. The average molecular weight is 181 g/mol. The second-order valence-corrected chi connectivity index (χ2v) is 3.42. The van der Waals surface area contributed by atoms with Crippen LogP contribution >= 0.6 is 0 Å². The molecule has 3 nitrogen and oxygen atoms in total. The number of rotatable bonds is 3. The van der Waals surface area contributed by atoms with Gasteiger partial charge in [-0.25, -0.2) is 0 Å². The fourth-order valence-electron chi connectivity index (χ4n) is 0.876. The first-order chi connectivity index (χ1) is 6.06. The van der Waals surface area contributed by atoms with Crippen LogP contribution in [0.15, 0.2) is 28.4 Å². The molecule has 1 rings (SSSR count). The van der Waals surface area contributed by atoms with Crippen molar-refractivity contribution in [1.29, 1.82) is 0 Å². The maximum Gasteiger partial charge on any atom is 0.126 e. The minimum atomic E-state index is -0.674. The number of hydrogen-bond donors (Lipinski definition) is 2. The predicted molar refractivity (Wildman–Crippen MR) is 52.0 cm³/mol. The fourth-order valence-corrected chi connectivity index (χ4v) is 0.876. The first kappa shape index (κ1) is 10.0. The largest absolute Gasteiger partial charge is 0.465 e. The lowest BCUT2D eigenvalue weighted by Crippen LogP contribution is -2.41. The van der Waals surface area contributed by atoms with Crippen molar-refractivity contribution in [3.63, 3.8) is 0 Å². The van der Waals surface area contributed by atoms with E-state index in [1.807, 2.05) is 25.1 Å². The van der Waals surface area contributed by atoms with Gasteiger partial charge in [-0.15, -0.1) is 0 Å². The molecule has 0 aliphatic heterocycles. The zero-order valence-electron chi connectivity index (χ0n) is 7.95. The Bertz CT molecular complexity index is 286. The van der Waals surface area contributed by atoms with Gasteiger partial charge in [0.2, 0.25) is 0 Å². The summed E-state index contributed by atoms with van der Waals surface area (Å²) in [6.45, 7) is 3.58. The zero-order chi connectivity index (χ0) is 9.90. The highest BCUT2D eigenvalue weighted by Gasteiger charge is 2.19. The van der Waals surface area contributed by atoms with Gasteiger partial charge in [-0.3, -0.25) is 0 Å². The van der Waals surface area contributed by atoms with E-state index in [9.17, 15) is 0 Å². The molecule has 1 heterocycles. The summed E-state index contributed by atoms with van der Waals surface area (Å²) in [4.78, 5) is 0. The molecule has 3 N–H and O–H groups in total. The molecule has 0 bridgehead atoms. The molecule has 13 heavy (non-hydrogen) atoms. The van der Waals surface area contributed by atoms with Crippen LogP contribution in [0.3, 0.4) is 0 Å². The summed E-state index contributed by atoms with van der Waals surface area (Å²) in [7, 11) is 0. The smallest absolute Gasteiger partial charge is 0.126 e. The second kappa shape index (κ2) is 3.77. The van der Waals surface area contributed by atoms with E-state index < -0.39 is 5.54 Å². The third-order valence-corrected chi connectivity index (χ3v) is 2.13. The van der Waals surface area contributed by atoms with E-state index in [0.29, 0.717) is 0 Å². The van der Waals surface area contributed by atoms with E-state index >= 15 is 0 Å². The maximum absolute atomic E-state index is 9.00. The molecule has 1 atom stereocenters. The van der Waals surface area contributed by atoms with E-state index in [1.165, 1.54) is 0 Å². The van der Waals surface area contributed by atoms with Crippen LogP contribution in [0.5, 0.6) is 0 Å². The van der Waals surface area contributed by atoms with Gasteiger partial charge in [0.1, 0.15) is 5.76 Å². The van der Waals surface area contributed by atoms with Crippen molar-refractivity contribution in [1.82, 2.24) is 0 Å². The Morgan fingerprint density at radius 1 is 1.77 bits per heavy atom. The summed E-state index contributed by atoms with van der Waals surface area (Å²) in [6.07, 6.45) is 3.43. The lowest BCUT2D eigenvalue weighted by atomic mass is 9.95. The number of aliphatic hydroxyl groups excluding tert-OH is 1. The van der Waals surface area contributed by atoms with Crippen LogP contribution in [0.25, 0.3) is 6.08 Å². The van der Waals surface area contributed by atoms with Gasteiger partial charge in [-0.1, -0.05) is 0 Å². The van der Waals surface area contributed by atoms with Crippen LogP contribution < -0.4 is 5.73 Å². The van der Waals surface area contributed by atoms with Crippen molar-refractivity contribution in [2.24, 2.45) is 5.73 Å². The van der Waals surface area contributed by atoms with Crippen LogP contribution in [-0.2, 0) is 0 Å². The Morgan fingerprint density at radius 3 is 2.92 bits per heavy atom. The summed E-state index contributed by atoms with van der Waals surface area (Å²) < 4.78 is 5.13. The molecule has 0 aliphatic rings. The highest BCUT2D eigenvalue weighted by Crippen LogP contribution is 2.16. The minimum absolute atomic E-state index is 0.0734. The van der Waals surface area contributed by atoms with Gasteiger partial charge in [-0.2, -0.15) is 0 Å². The van der Waals surface area contributed by atoms with Crippen LogP contribution in [0.2, 0.25) is 0 Å². The van der Waals surface area contributed by atoms with E-state index in [1.54, 1.807) is 13.2 Å². The van der Waals surface area contributed by atoms with Crippen LogP contribution in [0, 0.1) is 0 Å². The van der Waals surface area contributed by atoms with Crippen LogP contribution in [0.4, 0.5) is 0 Å². The molecule has 1 aromatic heterocycles. The topological polar surface area (TPSA) is 59.4 Å². The molecule has 0 saturated carbocycles. The van der Waals surface area contributed by atoms with Crippen molar-refractivity contribution in [3.05, 3.63) is 29.7 Å². The van der Waals surface area contributed by atoms with Gasteiger partial charge in [0.25, 0.3) is 0 Å². The molecule has 3 heteroatoms. The van der Waals surface area contributed by atoms with Gasteiger partial charge in [0, 0.05) is 0 Å². The average Bonchev–Trinajstić information content (AvgIpc) is 2.57. The summed E-state index contributed by atoms with van der Waals surface area (Å²) in [5.41, 5.74) is 6.04. The Labute approximate surface area is 77.9 Å². The van der Waals surface area contributed by atoms with Gasteiger partial charge in [-0.05, 0) is 37.6 Å². The standard InChI is InChI=1S/C10H15NO2/c1-8(10(2,11)7-12)6-9-4-3-5-13-9/h3-6,12H,7,11H2,1-2H3/b8-6+. The maximum atomic E-state index is 9.00. The molecule has 1 unspecified atom stereocenters. The van der Waals surface area contributed by atoms with Crippen molar-refractivity contribution in [2.45, 2.75) is 19.4 Å². The monoisotopic (exact) mass is 181 g/mol. The zero-order valence-corrected chi connectivity index (χ0v) is 7.95. The van der Waals surface area contributed by atoms with Crippen molar-refractivity contribution in [3.8, 4) is 0 Å². The molecule has 0 aliphatic carbocycles. The van der Waals surface area contributed by atoms with E-state index in [2.05, 4.69) is 0 Å². The van der Waals surface area contributed by atoms with Gasteiger partial charge < -0.3 is 15.3 Å².